The van der Waals surface area contributed by atoms with E-state index in [1.807, 2.05) is 0 Å². The van der Waals surface area contributed by atoms with Crippen LogP contribution in [0.25, 0.3) is 6.08 Å². The molecule has 0 radical (unpaired) electrons. The highest BCUT2D eigenvalue weighted by atomic mass is 32.2. The second kappa shape index (κ2) is 6.81. The Bertz CT molecular complexity index is 967. The van der Waals surface area contributed by atoms with Crippen LogP contribution < -0.4 is 4.90 Å². The third kappa shape index (κ3) is 3.20. The van der Waals surface area contributed by atoms with E-state index in [1.165, 1.54) is 48.5 Å². The van der Waals surface area contributed by atoms with Crippen molar-refractivity contribution in [1.29, 1.82) is 0 Å². The predicted molar refractivity (Wildman–Crippen MR) is 94.9 cm³/mol. The molecule has 2 aromatic rings. The highest BCUT2D eigenvalue weighted by molar-refractivity contribution is 8.19. The number of rotatable bonds is 4. The summed E-state index contributed by atoms with van der Waals surface area (Å²) in [6.45, 7) is 0. The molecule has 0 spiro atoms. The first kappa shape index (κ1) is 17.4. The van der Waals surface area contributed by atoms with Gasteiger partial charge in [-0.3, -0.25) is 19.7 Å². The lowest BCUT2D eigenvalue weighted by molar-refractivity contribution is -0.385. The van der Waals surface area contributed by atoms with Gasteiger partial charge in [-0.05, 0) is 48.2 Å². The van der Waals surface area contributed by atoms with Crippen molar-refractivity contribution in [2.24, 2.45) is 0 Å². The van der Waals surface area contributed by atoms with E-state index >= 15 is 0 Å². The fraction of sp³-hybridized carbons (Fsp3) is 0. The summed E-state index contributed by atoms with van der Waals surface area (Å²) in [5.74, 6) is -1.75. The monoisotopic (exact) mass is 370 g/mol. The number of para-hydroxylation sites is 1. The van der Waals surface area contributed by atoms with Crippen LogP contribution in [-0.2, 0) is 4.79 Å². The van der Waals surface area contributed by atoms with E-state index in [1.54, 1.807) is 6.07 Å². The molecule has 8 nitrogen and oxygen atoms in total. The third-order valence-corrected chi connectivity index (χ3v) is 4.46. The van der Waals surface area contributed by atoms with Gasteiger partial charge in [0.05, 0.1) is 26.6 Å². The molecule has 1 fully saturated rings. The molecule has 1 aliphatic rings. The van der Waals surface area contributed by atoms with Crippen LogP contribution in [0.3, 0.4) is 0 Å². The van der Waals surface area contributed by atoms with Gasteiger partial charge in [0.25, 0.3) is 16.8 Å². The van der Waals surface area contributed by atoms with Gasteiger partial charge >= 0.3 is 5.97 Å². The number of amides is 2. The number of imide groups is 1. The quantitative estimate of drug-likeness (QED) is 0.497. The van der Waals surface area contributed by atoms with Crippen LogP contribution in [0.2, 0.25) is 0 Å². The van der Waals surface area contributed by atoms with E-state index in [0.717, 1.165) is 4.90 Å². The summed E-state index contributed by atoms with van der Waals surface area (Å²) in [6.07, 6.45) is 1.30. The predicted octanol–water partition coefficient (Wildman–Crippen LogP) is 3.53. The van der Waals surface area contributed by atoms with Crippen LogP contribution in [0.1, 0.15) is 15.9 Å². The lowest BCUT2D eigenvalue weighted by Crippen LogP contribution is -2.27. The fourth-order valence-electron chi connectivity index (χ4n) is 2.36. The Morgan fingerprint density at radius 1 is 1.12 bits per heavy atom. The van der Waals surface area contributed by atoms with E-state index in [9.17, 15) is 24.5 Å². The van der Waals surface area contributed by atoms with Gasteiger partial charge in [-0.25, -0.2) is 9.69 Å². The minimum absolute atomic E-state index is 0.0242. The number of hydrogen-bond donors (Lipinski definition) is 1. The van der Waals surface area contributed by atoms with Crippen LogP contribution in [0.4, 0.5) is 16.2 Å². The van der Waals surface area contributed by atoms with Crippen molar-refractivity contribution in [3.63, 3.8) is 0 Å². The van der Waals surface area contributed by atoms with Crippen molar-refractivity contribution in [2.75, 3.05) is 4.90 Å². The average Bonchev–Trinajstić information content (AvgIpc) is 2.89. The summed E-state index contributed by atoms with van der Waals surface area (Å²) in [6, 6.07) is 11.2. The fourth-order valence-corrected chi connectivity index (χ4v) is 3.19. The zero-order chi connectivity index (χ0) is 18.8. The molecule has 2 amide bonds. The number of carbonyl (C=O) groups is 3. The molecule has 3 rings (SSSR count). The van der Waals surface area contributed by atoms with Gasteiger partial charge in [-0.1, -0.05) is 12.1 Å². The van der Waals surface area contributed by atoms with E-state index in [-0.39, 0.29) is 27.4 Å². The lowest BCUT2D eigenvalue weighted by atomic mass is 10.1. The summed E-state index contributed by atoms with van der Waals surface area (Å²) in [5.41, 5.74) is 0.286. The zero-order valence-corrected chi connectivity index (χ0v) is 13.8. The van der Waals surface area contributed by atoms with Crippen LogP contribution >= 0.6 is 11.8 Å². The van der Waals surface area contributed by atoms with Gasteiger partial charge in [0.15, 0.2) is 0 Å². The Kier molecular flexibility index (Phi) is 4.55. The summed E-state index contributed by atoms with van der Waals surface area (Å²) in [4.78, 5) is 47.1. The van der Waals surface area contributed by atoms with Crippen LogP contribution in [-0.4, -0.2) is 27.1 Å². The maximum absolute atomic E-state index is 12.6. The van der Waals surface area contributed by atoms with Gasteiger partial charge in [-0.2, -0.15) is 0 Å². The topological polar surface area (TPSA) is 118 Å². The minimum Gasteiger partial charge on any atom is -0.478 e. The lowest BCUT2D eigenvalue weighted by Gasteiger charge is -2.12. The molecule has 9 heteroatoms. The smallest absolute Gasteiger partial charge is 0.335 e. The van der Waals surface area contributed by atoms with Crippen molar-refractivity contribution in [3.05, 3.63) is 74.7 Å². The molecule has 130 valence electrons. The van der Waals surface area contributed by atoms with Crippen LogP contribution in [0, 0.1) is 10.1 Å². The largest absolute Gasteiger partial charge is 0.478 e. The number of carboxylic acids is 1. The van der Waals surface area contributed by atoms with E-state index in [4.69, 9.17) is 5.11 Å². The van der Waals surface area contributed by atoms with E-state index < -0.39 is 22.0 Å². The molecular weight excluding hydrogens is 360 g/mol. The van der Waals surface area contributed by atoms with Crippen LogP contribution in [0.5, 0.6) is 0 Å². The highest BCUT2D eigenvalue weighted by Gasteiger charge is 2.36. The number of thioether (sulfide) groups is 1. The third-order valence-electron chi connectivity index (χ3n) is 3.59. The molecule has 1 saturated heterocycles. The number of benzene rings is 2. The Labute approximate surface area is 150 Å². The normalized spacial score (nSPS) is 15.5. The Hall–Kier alpha value is -3.46. The Morgan fingerprint density at radius 3 is 2.38 bits per heavy atom. The standard InChI is InChI=1S/C17H10N2O6S/c20-15-14(9-11-3-1-2-4-13(11)19(24)25)26-17(23)18(15)12-7-5-10(6-8-12)16(21)22/h1-9H,(H,21,22)/b14-9-. The molecule has 1 heterocycles. The number of anilines is 1. The average molecular weight is 370 g/mol. The number of aromatic carboxylic acids is 1. The van der Waals surface area contributed by atoms with Crippen LogP contribution in [0.15, 0.2) is 53.4 Å². The van der Waals surface area contributed by atoms with Crippen molar-refractivity contribution >= 4 is 46.3 Å². The molecule has 1 aliphatic heterocycles. The molecular formula is C17H10N2O6S. The number of nitro groups is 1. The zero-order valence-electron chi connectivity index (χ0n) is 13.0. The van der Waals surface area contributed by atoms with Gasteiger partial charge in [0.2, 0.25) is 0 Å². The highest BCUT2D eigenvalue weighted by Crippen LogP contribution is 2.36. The second-order valence-corrected chi connectivity index (χ2v) is 6.18. The maximum atomic E-state index is 12.6. The van der Waals surface area contributed by atoms with Crippen molar-refractivity contribution in [3.8, 4) is 0 Å². The number of carbonyl (C=O) groups excluding carboxylic acids is 2. The SMILES string of the molecule is O=C(O)c1ccc(N2C(=O)S/C(=C\c3ccccc3[N+](=O)[O-])C2=O)cc1. The van der Waals surface area contributed by atoms with Crippen molar-refractivity contribution in [2.45, 2.75) is 0 Å². The van der Waals surface area contributed by atoms with Crippen molar-refractivity contribution in [1.82, 2.24) is 0 Å². The number of hydrogen-bond acceptors (Lipinski definition) is 6. The molecule has 26 heavy (non-hydrogen) atoms. The Morgan fingerprint density at radius 2 is 1.77 bits per heavy atom. The summed E-state index contributed by atoms with van der Waals surface area (Å²) in [5, 5.41) is 19.4. The minimum atomic E-state index is -1.12. The first-order valence-corrected chi connectivity index (χ1v) is 8.05. The van der Waals surface area contributed by atoms with Gasteiger partial charge in [0, 0.05) is 6.07 Å². The molecule has 2 aromatic carbocycles. The Balaban J connectivity index is 1.94. The molecule has 0 aliphatic carbocycles. The molecule has 0 unspecified atom stereocenters. The maximum Gasteiger partial charge on any atom is 0.335 e. The number of carboxylic acid groups (broad SMARTS) is 1. The number of nitrogens with zero attached hydrogens (tertiary/aromatic N) is 2. The molecule has 1 N–H and O–H groups in total. The summed E-state index contributed by atoms with van der Waals surface area (Å²) >= 11 is 0.662. The number of nitro benzene ring substituents is 1. The molecule has 0 atom stereocenters. The molecule has 0 aromatic heterocycles. The van der Waals surface area contributed by atoms with Crippen molar-refractivity contribution < 1.29 is 24.4 Å². The van der Waals surface area contributed by atoms with Gasteiger partial charge in [0.1, 0.15) is 0 Å². The summed E-state index contributed by atoms with van der Waals surface area (Å²) in [7, 11) is 0. The molecule has 0 bridgehead atoms. The summed E-state index contributed by atoms with van der Waals surface area (Å²) < 4.78 is 0. The van der Waals surface area contributed by atoms with Gasteiger partial charge < -0.3 is 5.11 Å². The van der Waals surface area contributed by atoms with E-state index in [2.05, 4.69) is 0 Å². The first-order chi connectivity index (χ1) is 12.4. The first-order valence-electron chi connectivity index (χ1n) is 7.23. The van der Waals surface area contributed by atoms with E-state index in [0.29, 0.717) is 11.8 Å². The molecule has 0 saturated carbocycles. The van der Waals surface area contributed by atoms with Gasteiger partial charge in [-0.15, -0.1) is 0 Å². The second-order valence-electron chi connectivity index (χ2n) is 5.19.